The summed E-state index contributed by atoms with van der Waals surface area (Å²) in [4.78, 5) is 27.9. The molecule has 3 heterocycles. The summed E-state index contributed by atoms with van der Waals surface area (Å²) in [5.74, 6) is 1.32. The van der Waals surface area contributed by atoms with Crippen molar-refractivity contribution >= 4 is 39.4 Å². The molecule has 130 valence electrons. The second-order valence-corrected chi connectivity index (χ2v) is 7.86. The fourth-order valence-electron chi connectivity index (χ4n) is 3.05. The largest absolute Gasteiger partial charge is 0.337 e. The second kappa shape index (κ2) is 6.48. The molecule has 0 atom stereocenters. The van der Waals surface area contributed by atoms with Crippen LogP contribution < -0.4 is 5.32 Å². The summed E-state index contributed by atoms with van der Waals surface area (Å²) in [5, 5.41) is 4.09. The first-order valence-electron chi connectivity index (χ1n) is 8.56. The Labute approximate surface area is 150 Å². The van der Waals surface area contributed by atoms with Crippen molar-refractivity contribution in [2.45, 2.75) is 33.2 Å². The normalized spacial score (nSPS) is 14.1. The molecule has 0 unspecified atom stereocenters. The van der Waals surface area contributed by atoms with E-state index in [4.69, 9.17) is 0 Å². The van der Waals surface area contributed by atoms with Gasteiger partial charge in [0.25, 0.3) is 0 Å². The van der Waals surface area contributed by atoms with Gasteiger partial charge in [-0.15, -0.1) is 0 Å². The van der Waals surface area contributed by atoms with Crippen molar-refractivity contribution in [3.63, 3.8) is 0 Å². The van der Waals surface area contributed by atoms with Crippen molar-refractivity contribution in [3.05, 3.63) is 34.8 Å². The number of carbonyl (C=O) groups excluding carboxylic acids is 1. The minimum atomic E-state index is 0.237. The van der Waals surface area contributed by atoms with Crippen LogP contribution in [0.25, 0.3) is 11.0 Å². The first-order chi connectivity index (χ1) is 12.1. The fourth-order valence-corrected chi connectivity index (χ4v) is 4.08. The van der Waals surface area contributed by atoms with Crippen molar-refractivity contribution in [2.75, 3.05) is 11.9 Å². The van der Waals surface area contributed by atoms with Crippen LogP contribution in [0.2, 0.25) is 0 Å². The number of anilines is 2. The molecule has 7 heteroatoms. The molecule has 1 aliphatic heterocycles. The molecule has 25 heavy (non-hydrogen) atoms. The number of hydrogen-bond donors (Lipinski definition) is 2. The molecule has 0 fully saturated rings. The molecule has 0 saturated carbocycles. The summed E-state index contributed by atoms with van der Waals surface area (Å²) in [7, 11) is 0. The molecule has 2 N–H and O–H groups in total. The quantitative estimate of drug-likeness (QED) is 0.748. The number of aromatic nitrogens is 3. The third kappa shape index (κ3) is 3.37. The van der Waals surface area contributed by atoms with Crippen LogP contribution in [0.4, 0.5) is 11.1 Å². The van der Waals surface area contributed by atoms with Gasteiger partial charge in [0.15, 0.2) is 5.13 Å². The summed E-state index contributed by atoms with van der Waals surface area (Å²) < 4.78 is 0. The van der Waals surface area contributed by atoms with Crippen molar-refractivity contribution < 1.29 is 4.79 Å². The van der Waals surface area contributed by atoms with Gasteiger partial charge in [0, 0.05) is 24.3 Å². The van der Waals surface area contributed by atoms with Crippen molar-refractivity contribution in [1.29, 1.82) is 0 Å². The lowest BCUT2D eigenvalue weighted by molar-refractivity contribution is -0.132. The topological polar surface area (TPSA) is 73.9 Å². The van der Waals surface area contributed by atoms with Gasteiger partial charge >= 0.3 is 0 Å². The lowest BCUT2D eigenvalue weighted by Gasteiger charge is -2.26. The Kier molecular flexibility index (Phi) is 4.17. The summed E-state index contributed by atoms with van der Waals surface area (Å²) in [6.07, 6.45) is 1.43. The number of H-pyrrole nitrogens is 1. The third-order valence-corrected chi connectivity index (χ3v) is 5.28. The molecule has 1 amide bonds. The van der Waals surface area contributed by atoms with Crippen molar-refractivity contribution in [2.24, 2.45) is 5.92 Å². The van der Waals surface area contributed by atoms with Crippen LogP contribution in [-0.4, -0.2) is 32.3 Å². The van der Waals surface area contributed by atoms with E-state index in [0.717, 1.165) is 34.8 Å². The number of hydrogen-bond acceptors (Lipinski definition) is 5. The maximum absolute atomic E-state index is 12.3. The first-order valence-corrected chi connectivity index (χ1v) is 9.38. The fraction of sp³-hybridized carbons (Fsp3) is 0.389. The van der Waals surface area contributed by atoms with Crippen LogP contribution in [0.5, 0.6) is 0 Å². The van der Waals surface area contributed by atoms with Gasteiger partial charge in [0.05, 0.1) is 23.3 Å². The standard InChI is InChI=1S/C18H21N5OS/c1-11(2)9-16(24)23-8-7-14-15(10-23)25-18(21-14)22-17-19-12-5-3-4-6-13(12)20-17/h3-6,11H,7-10H2,1-2H3,(H2,19,20,21,22). The molecule has 6 nitrogen and oxygen atoms in total. The minimum absolute atomic E-state index is 0.237. The lowest BCUT2D eigenvalue weighted by Crippen LogP contribution is -2.36. The third-order valence-electron chi connectivity index (χ3n) is 4.28. The zero-order valence-corrected chi connectivity index (χ0v) is 15.2. The Hall–Kier alpha value is -2.41. The number of amides is 1. The van der Waals surface area contributed by atoms with Gasteiger partial charge in [0.2, 0.25) is 11.9 Å². The van der Waals surface area contributed by atoms with E-state index in [1.54, 1.807) is 11.3 Å². The molecule has 0 saturated heterocycles. The highest BCUT2D eigenvalue weighted by Gasteiger charge is 2.24. The molecule has 0 bridgehead atoms. The van der Waals surface area contributed by atoms with Crippen LogP contribution in [0.1, 0.15) is 30.8 Å². The number of para-hydroxylation sites is 2. The zero-order chi connectivity index (χ0) is 17.4. The Morgan fingerprint density at radius 1 is 1.36 bits per heavy atom. The number of benzene rings is 1. The van der Waals surface area contributed by atoms with E-state index in [2.05, 4.69) is 34.1 Å². The van der Waals surface area contributed by atoms with E-state index < -0.39 is 0 Å². The Morgan fingerprint density at radius 2 is 2.20 bits per heavy atom. The molecule has 0 spiro atoms. The summed E-state index contributed by atoms with van der Waals surface area (Å²) in [6.45, 7) is 5.58. The zero-order valence-electron chi connectivity index (χ0n) is 14.4. The van der Waals surface area contributed by atoms with Crippen LogP contribution >= 0.6 is 11.3 Å². The number of nitrogens with zero attached hydrogens (tertiary/aromatic N) is 3. The van der Waals surface area contributed by atoms with Crippen LogP contribution in [0.15, 0.2) is 24.3 Å². The maximum Gasteiger partial charge on any atom is 0.223 e. The first kappa shape index (κ1) is 16.1. The summed E-state index contributed by atoms with van der Waals surface area (Å²) in [5.41, 5.74) is 3.02. The van der Waals surface area contributed by atoms with Crippen molar-refractivity contribution in [1.82, 2.24) is 19.9 Å². The highest BCUT2D eigenvalue weighted by atomic mass is 32.1. The highest BCUT2D eigenvalue weighted by molar-refractivity contribution is 7.15. The average Bonchev–Trinajstić information content (AvgIpc) is 3.15. The molecule has 0 aliphatic carbocycles. The van der Waals surface area contributed by atoms with Gasteiger partial charge in [-0.1, -0.05) is 37.3 Å². The summed E-state index contributed by atoms with van der Waals surface area (Å²) in [6, 6.07) is 7.92. The molecule has 0 radical (unpaired) electrons. The SMILES string of the molecule is CC(C)CC(=O)N1CCc2nc(Nc3nc4ccccc4[nH]3)sc2C1. The number of fused-ring (bicyclic) bond motifs is 2. The smallest absolute Gasteiger partial charge is 0.223 e. The Morgan fingerprint density at radius 3 is 3.00 bits per heavy atom. The number of carbonyl (C=O) groups is 1. The molecule has 1 aliphatic rings. The number of aromatic amines is 1. The number of rotatable bonds is 4. The van der Waals surface area contributed by atoms with E-state index in [1.807, 2.05) is 29.2 Å². The molecule has 4 rings (SSSR count). The van der Waals surface area contributed by atoms with Gasteiger partial charge in [-0.25, -0.2) is 9.97 Å². The van der Waals surface area contributed by atoms with E-state index in [9.17, 15) is 4.79 Å². The predicted molar refractivity (Wildman–Crippen MR) is 100 cm³/mol. The predicted octanol–water partition coefficient (Wildman–Crippen LogP) is 3.69. The van der Waals surface area contributed by atoms with Gasteiger partial charge in [0.1, 0.15) is 0 Å². The van der Waals surface area contributed by atoms with Crippen LogP contribution in [-0.2, 0) is 17.8 Å². The Bertz CT molecular complexity index is 880. The molecule has 2 aromatic heterocycles. The second-order valence-electron chi connectivity index (χ2n) is 6.78. The van der Waals surface area contributed by atoms with E-state index >= 15 is 0 Å². The van der Waals surface area contributed by atoms with Gasteiger partial charge in [-0.05, 0) is 18.1 Å². The molecular weight excluding hydrogens is 334 g/mol. The van der Waals surface area contributed by atoms with Crippen molar-refractivity contribution in [3.8, 4) is 0 Å². The average molecular weight is 355 g/mol. The molecule has 3 aromatic rings. The number of imidazole rings is 1. The monoisotopic (exact) mass is 355 g/mol. The van der Waals surface area contributed by atoms with Crippen LogP contribution in [0.3, 0.4) is 0 Å². The lowest BCUT2D eigenvalue weighted by atomic mass is 10.1. The highest BCUT2D eigenvalue weighted by Crippen LogP contribution is 2.30. The maximum atomic E-state index is 12.3. The van der Waals surface area contributed by atoms with Gasteiger partial charge in [-0.3, -0.25) is 4.79 Å². The van der Waals surface area contributed by atoms with E-state index in [1.165, 1.54) is 4.88 Å². The summed E-state index contributed by atoms with van der Waals surface area (Å²) >= 11 is 1.60. The van der Waals surface area contributed by atoms with E-state index in [-0.39, 0.29) is 5.91 Å². The number of thiazole rings is 1. The van der Waals surface area contributed by atoms with E-state index in [0.29, 0.717) is 24.8 Å². The minimum Gasteiger partial charge on any atom is -0.337 e. The Balaban J connectivity index is 1.49. The van der Waals surface area contributed by atoms with Crippen LogP contribution in [0, 0.1) is 5.92 Å². The molecule has 1 aromatic carbocycles. The van der Waals surface area contributed by atoms with Gasteiger partial charge < -0.3 is 15.2 Å². The van der Waals surface area contributed by atoms with Gasteiger partial charge in [-0.2, -0.15) is 0 Å². The number of nitrogens with one attached hydrogen (secondary N) is 2. The molecular formula is C18H21N5OS.